The first-order valence-electron chi connectivity index (χ1n) is 6.88. The van der Waals surface area contributed by atoms with Crippen molar-refractivity contribution in [2.75, 3.05) is 11.9 Å². The molecule has 0 aromatic rings. The number of carbonyl (C=O) groups excluding carboxylic acids is 1. The smallest absolute Gasteiger partial charge is 0.228 e. The third-order valence-electron chi connectivity index (χ3n) is 3.89. The van der Waals surface area contributed by atoms with Crippen molar-refractivity contribution in [1.82, 2.24) is 4.90 Å². The number of nitrogens with zero attached hydrogens (tertiary/aromatic N) is 1. The number of hydrogen-bond donors (Lipinski definition) is 0. The number of hydrogen-bond acceptors (Lipinski definition) is 1. The molecule has 1 saturated carbocycles. The van der Waals surface area contributed by atoms with Crippen LogP contribution in [0.3, 0.4) is 0 Å². The van der Waals surface area contributed by atoms with Gasteiger partial charge in [0.2, 0.25) is 5.91 Å². The molecule has 100 valence electrons. The van der Waals surface area contributed by atoms with E-state index >= 15 is 0 Å². The molecule has 0 unspecified atom stereocenters. The van der Waals surface area contributed by atoms with E-state index < -0.39 is 0 Å². The predicted molar refractivity (Wildman–Crippen MR) is 76.5 cm³/mol. The molecule has 3 heteroatoms. The summed E-state index contributed by atoms with van der Waals surface area (Å²) in [6.45, 7) is 7.30. The number of rotatable bonds is 5. The molecule has 0 atom stereocenters. The summed E-state index contributed by atoms with van der Waals surface area (Å²) in [6.07, 6.45) is 6.91. The molecular formula is C14H26BrNO. The Bertz CT molecular complexity index is 247. The Morgan fingerprint density at radius 2 is 1.88 bits per heavy atom. The molecule has 0 radical (unpaired) electrons. The maximum absolute atomic E-state index is 12.7. The molecule has 1 fully saturated rings. The van der Waals surface area contributed by atoms with Gasteiger partial charge in [-0.15, -0.1) is 0 Å². The zero-order valence-corrected chi connectivity index (χ0v) is 13.1. The second kappa shape index (κ2) is 6.77. The van der Waals surface area contributed by atoms with Crippen LogP contribution in [0, 0.1) is 5.41 Å². The first-order chi connectivity index (χ1) is 8.01. The summed E-state index contributed by atoms with van der Waals surface area (Å²) in [7, 11) is 0. The fraction of sp³-hybridized carbons (Fsp3) is 0.929. The molecule has 1 amide bonds. The Morgan fingerprint density at radius 3 is 2.35 bits per heavy atom. The van der Waals surface area contributed by atoms with Gasteiger partial charge in [0.05, 0.1) is 0 Å². The Labute approximate surface area is 114 Å². The van der Waals surface area contributed by atoms with Gasteiger partial charge in [-0.05, 0) is 33.1 Å². The molecule has 1 aliphatic rings. The van der Waals surface area contributed by atoms with Crippen molar-refractivity contribution in [1.29, 1.82) is 0 Å². The summed E-state index contributed by atoms with van der Waals surface area (Å²) in [5.41, 5.74) is -0.0885. The molecule has 0 spiro atoms. The minimum Gasteiger partial charge on any atom is -0.340 e. The van der Waals surface area contributed by atoms with Crippen LogP contribution in [-0.2, 0) is 4.79 Å². The Morgan fingerprint density at radius 1 is 1.29 bits per heavy atom. The van der Waals surface area contributed by atoms with Crippen LogP contribution in [0.4, 0.5) is 0 Å². The van der Waals surface area contributed by atoms with E-state index in [1.54, 1.807) is 0 Å². The van der Waals surface area contributed by atoms with Crippen molar-refractivity contribution >= 4 is 21.8 Å². The van der Waals surface area contributed by atoms with Gasteiger partial charge in [0.25, 0.3) is 0 Å². The molecule has 0 bridgehead atoms. The standard InChI is InChI=1S/C14H26BrNO/c1-12(2)16(11-7-10-15)13(17)14(3)8-5-4-6-9-14/h12H,4-11H2,1-3H3. The van der Waals surface area contributed by atoms with Crippen LogP contribution >= 0.6 is 15.9 Å². The van der Waals surface area contributed by atoms with Crippen LogP contribution in [-0.4, -0.2) is 28.7 Å². The summed E-state index contributed by atoms with van der Waals surface area (Å²) >= 11 is 3.45. The lowest BCUT2D eigenvalue weighted by Crippen LogP contribution is -2.47. The van der Waals surface area contributed by atoms with E-state index in [1.165, 1.54) is 19.3 Å². The lowest BCUT2D eigenvalue weighted by molar-refractivity contribution is -0.145. The summed E-state index contributed by atoms with van der Waals surface area (Å²) in [6, 6.07) is 0.320. The molecule has 0 aromatic heterocycles. The zero-order chi connectivity index (χ0) is 12.9. The monoisotopic (exact) mass is 303 g/mol. The fourth-order valence-corrected chi connectivity index (χ4v) is 2.97. The van der Waals surface area contributed by atoms with Gasteiger partial charge in [-0.1, -0.05) is 42.1 Å². The van der Waals surface area contributed by atoms with E-state index in [9.17, 15) is 4.79 Å². The first kappa shape index (κ1) is 15.0. The summed E-state index contributed by atoms with van der Waals surface area (Å²) < 4.78 is 0. The molecule has 1 aliphatic carbocycles. The molecule has 2 nitrogen and oxygen atoms in total. The maximum atomic E-state index is 12.7. The summed E-state index contributed by atoms with van der Waals surface area (Å²) in [5, 5.41) is 0.972. The largest absolute Gasteiger partial charge is 0.340 e. The van der Waals surface area contributed by atoms with Gasteiger partial charge in [-0.25, -0.2) is 0 Å². The predicted octanol–water partition coefficient (Wildman–Crippen LogP) is 3.98. The Kier molecular flexibility index (Phi) is 5.98. The van der Waals surface area contributed by atoms with E-state index in [0.717, 1.165) is 31.1 Å². The Balaban J connectivity index is 2.68. The van der Waals surface area contributed by atoms with Crippen LogP contribution in [0.2, 0.25) is 0 Å². The molecule has 0 heterocycles. The van der Waals surface area contributed by atoms with E-state index in [0.29, 0.717) is 11.9 Å². The quantitative estimate of drug-likeness (QED) is 0.704. The highest BCUT2D eigenvalue weighted by Gasteiger charge is 2.38. The van der Waals surface area contributed by atoms with Gasteiger partial charge in [0.1, 0.15) is 0 Å². The first-order valence-corrected chi connectivity index (χ1v) is 8.00. The van der Waals surface area contributed by atoms with Gasteiger partial charge >= 0.3 is 0 Å². The van der Waals surface area contributed by atoms with Crippen molar-refractivity contribution in [2.24, 2.45) is 5.41 Å². The third-order valence-corrected chi connectivity index (χ3v) is 4.45. The molecule has 0 aliphatic heterocycles. The summed E-state index contributed by atoms with van der Waals surface area (Å²) in [4.78, 5) is 14.8. The van der Waals surface area contributed by atoms with Crippen molar-refractivity contribution in [3.63, 3.8) is 0 Å². The van der Waals surface area contributed by atoms with Gasteiger partial charge < -0.3 is 4.90 Å². The van der Waals surface area contributed by atoms with Gasteiger partial charge in [0.15, 0.2) is 0 Å². The lowest BCUT2D eigenvalue weighted by atomic mass is 9.74. The number of alkyl halides is 1. The van der Waals surface area contributed by atoms with Gasteiger partial charge in [0, 0.05) is 23.3 Å². The number of carbonyl (C=O) groups is 1. The molecule has 0 N–H and O–H groups in total. The minimum atomic E-state index is -0.0885. The van der Waals surface area contributed by atoms with Crippen LogP contribution in [0.1, 0.15) is 59.3 Å². The average molecular weight is 304 g/mol. The van der Waals surface area contributed by atoms with Crippen LogP contribution in [0.15, 0.2) is 0 Å². The van der Waals surface area contributed by atoms with Crippen molar-refractivity contribution in [3.05, 3.63) is 0 Å². The fourth-order valence-electron chi connectivity index (χ4n) is 2.72. The van der Waals surface area contributed by atoms with Gasteiger partial charge in [-0.2, -0.15) is 0 Å². The Hall–Kier alpha value is -0.0500. The average Bonchev–Trinajstić information content (AvgIpc) is 2.30. The van der Waals surface area contributed by atoms with Crippen molar-refractivity contribution in [3.8, 4) is 0 Å². The van der Waals surface area contributed by atoms with E-state index in [1.807, 2.05) is 0 Å². The highest BCUT2D eigenvalue weighted by atomic mass is 79.9. The van der Waals surface area contributed by atoms with Crippen LogP contribution in [0.5, 0.6) is 0 Å². The van der Waals surface area contributed by atoms with Crippen LogP contribution in [0.25, 0.3) is 0 Å². The van der Waals surface area contributed by atoms with Crippen LogP contribution < -0.4 is 0 Å². The second-order valence-electron chi connectivity index (χ2n) is 5.76. The molecular weight excluding hydrogens is 278 g/mol. The highest BCUT2D eigenvalue weighted by Crippen LogP contribution is 2.37. The SMILES string of the molecule is CC(C)N(CCCBr)C(=O)C1(C)CCCCC1. The molecule has 17 heavy (non-hydrogen) atoms. The van der Waals surface area contributed by atoms with E-state index in [-0.39, 0.29) is 5.41 Å². The highest BCUT2D eigenvalue weighted by molar-refractivity contribution is 9.09. The number of amides is 1. The maximum Gasteiger partial charge on any atom is 0.228 e. The normalized spacial score (nSPS) is 19.4. The topological polar surface area (TPSA) is 20.3 Å². The summed E-state index contributed by atoms with van der Waals surface area (Å²) in [5.74, 6) is 0.383. The third kappa shape index (κ3) is 3.97. The van der Waals surface area contributed by atoms with Gasteiger partial charge in [-0.3, -0.25) is 4.79 Å². The minimum absolute atomic E-state index is 0.0885. The molecule has 0 saturated heterocycles. The van der Waals surface area contributed by atoms with E-state index in [4.69, 9.17) is 0 Å². The van der Waals surface area contributed by atoms with Crippen molar-refractivity contribution < 1.29 is 4.79 Å². The number of halogens is 1. The zero-order valence-electron chi connectivity index (χ0n) is 11.5. The van der Waals surface area contributed by atoms with E-state index in [2.05, 4.69) is 41.6 Å². The molecule has 1 rings (SSSR count). The second-order valence-corrected chi connectivity index (χ2v) is 6.55. The molecule has 0 aromatic carbocycles. The van der Waals surface area contributed by atoms with Crippen molar-refractivity contribution in [2.45, 2.75) is 65.3 Å². The lowest BCUT2D eigenvalue weighted by Gasteiger charge is -2.39.